The van der Waals surface area contributed by atoms with Crippen LogP contribution >= 0.6 is 33.9 Å². The number of halogens is 1. The molecule has 2 N–H and O–H groups in total. The highest BCUT2D eigenvalue weighted by atomic mass is 127. The molecule has 1 heterocycles. The molecule has 0 aliphatic carbocycles. The first-order valence-electron chi connectivity index (χ1n) is 4.13. The summed E-state index contributed by atoms with van der Waals surface area (Å²) in [6.45, 7) is 1.99. The Bertz CT molecular complexity index is 499. The summed E-state index contributed by atoms with van der Waals surface area (Å²) in [5.74, 6) is 0. The molecule has 15 heavy (non-hydrogen) atoms. The van der Waals surface area contributed by atoms with Crippen molar-refractivity contribution in [1.82, 2.24) is 4.98 Å². The number of aryl methyl sites for hydroxylation is 1. The number of benzene rings is 1. The molecule has 0 spiro atoms. The summed E-state index contributed by atoms with van der Waals surface area (Å²) in [7, 11) is 0. The number of fused-ring (bicyclic) bond motifs is 1. The van der Waals surface area contributed by atoms with Gasteiger partial charge in [-0.3, -0.25) is 5.32 Å². The number of nitrogens with one attached hydrogen (secondary N) is 1. The molecule has 4 nitrogen and oxygen atoms in total. The Morgan fingerprint density at radius 1 is 1.60 bits per heavy atom. The van der Waals surface area contributed by atoms with E-state index in [1.54, 1.807) is 0 Å². The molecule has 1 aromatic carbocycles. The van der Waals surface area contributed by atoms with E-state index in [4.69, 9.17) is 5.11 Å². The van der Waals surface area contributed by atoms with Crippen LogP contribution in [0.15, 0.2) is 12.1 Å². The predicted octanol–water partition coefficient (Wildman–Crippen LogP) is 3.30. The van der Waals surface area contributed by atoms with Gasteiger partial charge in [-0.05, 0) is 41.1 Å². The molecule has 0 radical (unpaired) electrons. The third kappa shape index (κ3) is 2.05. The second kappa shape index (κ2) is 3.93. The van der Waals surface area contributed by atoms with E-state index in [-0.39, 0.29) is 0 Å². The maximum absolute atomic E-state index is 10.5. The highest BCUT2D eigenvalue weighted by molar-refractivity contribution is 14.1. The van der Waals surface area contributed by atoms with E-state index in [0.717, 1.165) is 19.4 Å². The van der Waals surface area contributed by atoms with E-state index in [2.05, 4.69) is 32.9 Å². The third-order valence-corrected chi connectivity index (χ3v) is 3.88. The Morgan fingerprint density at radius 3 is 2.93 bits per heavy atom. The van der Waals surface area contributed by atoms with Crippen molar-refractivity contribution < 1.29 is 9.90 Å². The van der Waals surface area contributed by atoms with Crippen LogP contribution < -0.4 is 5.32 Å². The molecule has 0 aliphatic rings. The van der Waals surface area contributed by atoms with Crippen molar-refractivity contribution in [2.24, 2.45) is 0 Å². The van der Waals surface area contributed by atoms with Gasteiger partial charge in [0.05, 0.1) is 10.2 Å². The lowest BCUT2D eigenvalue weighted by molar-refractivity contribution is 0.210. The van der Waals surface area contributed by atoms with Gasteiger partial charge in [0.2, 0.25) is 0 Å². The van der Waals surface area contributed by atoms with Gasteiger partial charge in [0, 0.05) is 3.57 Å². The molecule has 0 atom stereocenters. The van der Waals surface area contributed by atoms with Crippen LogP contribution in [0.5, 0.6) is 0 Å². The van der Waals surface area contributed by atoms with Gasteiger partial charge < -0.3 is 5.11 Å². The Kier molecular flexibility index (Phi) is 2.79. The lowest BCUT2D eigenvalue weighted by Crippen LogP contribution is -2.06. The van der Waals surface area contributed by atoms with E-state index in [1.807, 2.05) is 19.1 Å². The van der Waals surface area contributed by atoms with Gasteiger partial charge in [-0.25, -0.2) is 9.78 Å². The van der Waals surface area contributed by atoms with Crippen molar-refractivity contribution in [2.45, 2.75) is 6.92 Å². The lowest BCUT2D eigenvalue weighted by atomic mass is 10.2. The average Bonchev–Trinajstić information content (AvgIpc) is 2.55. The van der Waals surface area contributed by atoms with Crippen LogP contribution in [-0.2, 0) is 0 Å². The number of rotatable bonds is 1. The van der Waals surface area contributed by atoms with Crippen molar-refractivity contribution in [3.63, 3.8) is 0 Å². The molecule has 78 valence electrons. The van der Waals surface area contributed by atoms with Crippen molar-refractivity contribution in [1.29, 1.82) is 0 Å². The van der Waals surface area contributed by atoms with Crippen LogP contribution in [-0.4, -0.2) is 16.2 Å². The quantitative estimate of drug-likeness (QED) is 0.787. The van der Waals surface area contributed by atoms with Crippen LogP contribution in [0, 0.1) is 10.5 Å². The normalized spacial score (nSPS) is 10.5. The van der Waals surface area contributed by atoms with Crippen molar-refractivity contribution >= 4 is 55.4 Å². The van der Waals surface area contributed by atoms with E-state index < -0.39 is 6.09 Å². The highest BCUT2D eigenvalue weighted by Gasteiger charge is 2.10. The number of amides is 1. The van der Waals surface area contributed by atoms with Gasteiger partial charge in [-0.2, -0.15) is 0 Å². The SMILES string of the molecule is Cc1ccc(I)c2nc(NC(=O)O)sc12. The van der Waals surface area contributed by atoms with Crippen LogP contribution in [0.2, 0.25) is 0 Å². The average molecular weight is 334 g/mol. The first-order valence-corrected chi connectivity index (χ1v) is 6.03. The van der Waals surface area contributed by atoms with Gasteiger partial charge in [-0.1, -0.05) is 17.4 Å². The van der Waals surface area contributed by atoms with Crippen LogP contribution in [0.3, 0.4) is 0 Å². The summed E-state index contributed by atoms with van der Waals surface area (Å²) in [6.07, 6.45) is -1.08. The molecule has 6 heteroatoms. The number of carbonyl (C=O) groups is 1. The number of hydrogen-bond donors (Lipinski definition) is 2. The van der Waals surface area contributed by atoms with Gasteiger partial charge in [-0.15, -0.1) is 0 Å². The first kappa shape index (κ1) is 10.6. The van der Waals surface area contributed by atoms with Crippen LogP contribution in [0.25, 0.3) is 10.2 Å². The van der Waals surface area contributed by atoms with Crippen molar-refractivity contribution in [2.75, 3.05) is 5.32 Å². The summed E-state index contributed by atoms with van der Waals surface area (Å²) in [6, 6.07) is 3.98. The first-order chi connectivity index (χ1) is 7.08. The largest absolute Gasteiger partial charge is 0.465 e. The summed E-state index contributed by atoms with van der Waals surface area (Å²) in [5.41, 5.74) is 1.98. The third-order valence-electron chi connectivity index (χ3n) is 1.91. The zero-order chi connectivity index (χ0) is 11.0. The zero-order valence-electron chi connectivity index (χ0n) is 7.74. The fourth-order valence-corrected chi connectivity index (χ4v) is 2.95. The number of aromatic nitrogens is 1. The van der Waals surface area contributed by atoms with Crippen molar-refractivity contribution in [3.05, 3.63) is 21.3 Å². The Morgan fingerprint density at radius 2 is 2.33 bits per heavy atom. The van der Waals surface area contributed by atoms with Crippen molar-refractivity contribution in [3.8, 4) is 0 Å². The molecular weight excluding hydrogens is 327 g/mol. The zero-order valence-corrected chi connectivity index (χ0v) is 10.7. The second-order valence-corrected chi connectivity index (χ2v) is 5.15. The van der Waals surface area contributed by atoms with Gasteiger partial charge in [0.1, 0.15) is 0 Å². The number of hydrogen-bond acceptors (Lipinski definition) is 3. The maximum atomic E-state index is 10.5. The number of thiazole rings is 1. The van der Waals surface area contributed by atoms with Gasteiger partial charge in [0.25, 0.3) is 0 Å². The number of anilines is 1. The summed E-state index contributed by atoms with van der Waals surface area (Å²) in [4.78, 5) is 14.7. The minimum atomic E-state index is -1.08. The molecule has 0 unspecified atom stereocenters. The Balaban J connectivity index is 2.59. The molecule has 1 amide bonds. The van der Waals surface area contributed by atoms with Crippen LogP contribution in [0.1, 0.15) is 5.56 Å². The smallest absolute Gasteiger partial charge is 0.410 e. The van der Waals surface area contributed by atoms with E-state index in [9.17, 15) is 4.79 Å². The molecule has 0 fully saturated rings. The number of nitrogens with zero attached hydrogens (tertiary/aromatic N) is 1. The lowest BCUT2D eigenvalue weighted by Gasteiger charge is -1.94. The monoisotopic (exact) mass is 334 g/mol. The molecule has 1 aromatic heterocycles. The van der Waals surface area contributed by atoms with Crippen LogP contribution in [0.4, 0.5) is 9.93 Å². The molecule has 0 saturated heterocycles. The fourth-order valence-electron chi connectivity index (χ4n) is 1.25. The Hall–Kier alpha value is -0.890. The molecule has 0 saturated carbocycles. The molecule has 2 rings (SSSR count). The molecule has 2 aromatic rings. The van der Waals surface area contributed by atoms with E-state index in [1.165, 1.54) is 11.3 Å². The Labute approximate surface area is 103 Å². The summed E-state index contributed by atoms with van der Waals surface area (Å²) >= 11 is 3.55. The van der Waals surface area contributed by atoms with Gasteiger partial charge in [0.15, 0.2) is 5.13 Å². The standard InChI is InChI=1S/C9H7IN2O2S/c1-4-2-3-5(10)6-7(4)15-8(11-6)12-9(13)14/h2-3H,1H3,(H,11,12)(H,13,14). The maximum Gasteiger partial charge on any atom is 0.410 e. The topological polar surface area (TPSA) is 62.2 Å². The summed E-state index contributed by atoms with van der Waals surface area (Å²) in [5, 5.41) is 11.3. The number of carboxylic acid groups (broad SMARTS) is 1. The molecule has 0 bridgehead atoms. The highest BCUT2D eigenvalue weighted by Crippen LogP contribution is 2.31. The minimum Gasteiger partial charge on any atom is -0.465 e. The summed E-state index contributed by atoms with van der Waals surface area (Å²) < 4.78 is 2.06. The minimum absolute atomic E-state index is 0.421. The van der Waals surface area contributed by atoms with E-state index >= 15 is 0 Å². The van der Waals surface area contributed by atoms with E-state index in [0.29, 0.717) is 5.13 Å². The van der Waals surface area contributed by atoms with Gasteiger partial charge >= 0.3 is 6.09 Å². The molecular formula is C9H7IN2O2S. The predicted molar refractivity (Wildman–Crippen MR) is 68.7 cm³/mol. The second-order valence-electron chi connectivity index (χ2n) is 2.99. The molecule has 0 aliphatic heterocycles. The fraction of sp³-hybridized carbons (Fsp3) is 0.111.